The number of nitrogens with zero attached hydrogens (tertiary/aromatic N) is 1. The summed E-state index contributed by atoms with van der Waals surface area (Å²) in [5, 5.41) is 20.5. The van der Waals surface area contributed by atoms with E-state index in [-0.39, 0.29) is 11.5 Å². The van der Waals surface area contributed by atoms with Crippen molar-refractivity contribution in [1.82, 2.24) is 0 Å². The van der Waals surface area contributed by atoms with Crippen LogP contribution in [0.15, 0.2) is 0 Å². The summed E-state index contributed by atoms with van der Waals surface area (Å²) in [7, 11) is 0. The van der Waals surface area contributed by atoms with Gasteiger partial charge in [0, 0.05) is 17.8 Å². The number of aliphatic hydroxyl groups is 1. The molecule has 4 heteroatoms. The van der Waals surface area contributed by atoms with Crippen molar-refractivity contribution in [3.63, 3.8) is 0 Å². The Morgan fingerprint density at radius 3 is 1.94 bits per heavy atom. The molecule has 18 heavy (non-hydrogen) atoms. The molecule has 0 aliphatic carbocycles. The Labute approximate surface area is 111 Å². The van der Waals surface area contributed by atoms with Crippen LogP contribution in [-0.4, -0.2) is 22.2 Å². The number of aliphatic hydroxyl groups excluding tert-OH is 1. The van der Waals surface area contributed by atoms with Crippen molar-refractivity contribution in [1.29, 1.82) is 0 Å². The van der Waals surface area contributed by atoms with E-state index in [1.807, 2.05) is 6.92 Å². The van der Waals surface area contributed by atoms with Crippen LogP contribution in [0.1, 0.15) is 78.1 Å². The molecular weight excluding hydrogens is 230 g/mol. The number of nitro groups is 1. The van der Waals surface area contributed by atoms with Gasteiger partial charge in [-0.3, -0.25) is 10.1 Å². The zero-order valence-electron chi connectivity index (χ0n) is 12.0. The number of rotatable bonds is 12. The SMILES string of the molecule is CCCCCCCCC(CO)(CCCC)[N+](=O)[O-]. The molecule has 4 nitrogen and oxygen atoms in total. The molecule has 0 aliphatic rings. The summed E-state index contributed by atoms with van der Waals surface area (Å²) in [5.74, 6) is 0. The van der Waals surface area contributed by atoms with Crippen LogP contribution in [0.2, 0.25) is 0 Å². The Morgan fingerprint density at radius 1 is 0.944 bits per heavy atom. The third-order valence-corrected chi connectivity index (χ3v) is 3.67. The molecule has 0 fully saturated rings. The second kappa shape index (κ2) is 10.3. The summed E-state index contributed by atoms with van der Waals surface area (Å²) in [4.78, 5) is 10.9. The average Bonchev–Trinajstić information content (AvgIpc) is 2.37. The number of unbranched alkanes of at least 4 members (excludes halogenated alkanes) is 6. The largest absolute Gasteiger partial charge is 0.389 e. The quantitative estimate of drug-likeness (QED) is 0.328. The van der Waals surface area contributed by atoms with Crippen molar-refractivity contribution in [3.8, 4) is 0 Å². The van der Waals surface area contributed by atoms with Crippen LogP contribution in [0.25, 0.3) is 0 Å². The lowest BCUT2D eigenvalue weighted by molar-refractivity contribution is -0.576. The highest BCUT2D eigenvalue weighted by Crippen LogP contribution is 2.25. The monoisotopic (exact) mass is 259 g/mol. The minimum Gasteiger partial charge on any atom is -0.389 e. The van der Waals surface area contributed by atoms with E-state index in [9.17, 15) is 15.2 Å². The van der Waals surface area contributed by atoms with Gasteiger partial charge in [0.15, 0.2) is 0 Å². The van der Waals surface area contributed by atoms with Crippen LogP contribution < -0.4 is 0 Å². The summed E-state index contributed by atoms with van der Waals surface area (Å²) in [6.07, 6.45) is 9.50. The van der Waals surface area contributed by atoms with Gasteiger partial charge in [0.2, 0.25) is 5.54 Å². The van der Waals surface area contributed by atoms with Crippen molar-refractivity contribution in [2.75, 3.05) is 6.61 Å². The van der Waals surface area contributed by atoms with E-state index in [2.05, 4.69) is 6.92 Å². The van der Waals surface area contributed by atoms with E-state index in [1.54, 1.807) is 0 Å². The minimum absolute atomic E-state index is 0.255. The Morgan fingerprint density at radius 2 is 1.44 bits per heavy atom. The molecule has 0 saturated heterocycles. The maximum Gasteiger partial charge on any atom is 0.244 e. The van der Waals surface area contributed by atoms with E-state index in [4.69, 9.17) is 0 Å². The molecule has 1 unspecified atom stereocenters. The van der Waals surface area contributed by atoms with Gasteiger partial charge >= 0.3 is 0 Å². The first kappa shape index (κ1) is 17.4. The van der Waals surface area contributed by atoms with Crippen molar-refractivity contribution in [2.45, 2.75) is 83.6 Å². The van der Waals surface area contributed by atoms with Gasteiger partial charge in [-0.1, -0.05) is 52.4 Å². The van der Waals surface area contributed by atoms with Gasteiger partial charge in [0.05, 0.1) is 0 Å². The Bertz CT molecular complexity index is 221. The van der Waals surface area contributed by atoms with Crippen LogP contribution in [0.3, 0.4) is 0 Å². The highest BCUT2D eigenvalue weighted by molar-refractivity contribution is 4.78. The second-order valence-corrected chi connectivity index (χ2v) is 5.26. The van der Waals surface area contributed by atoms with Gasteiger partial charge in [0.25, 0.3) is 0 Å². The predicted octanol–water partition coefficient (Wildman–Crippen LogP) is 3.94. The second-order valence-electron chi connectivity index (χ2n) is 5.26. The van der Waals surface area contributed by atoms with Crippen molar-refractivity contribution >= 4 is 0 Å². The zero-order chi connectivity index (χ0) is 13.9. The van der Waals surface area contributed by atoms with Crippen molar-refractivity contribution in [2.24, 2.45) is 0 Å². The standard InChI is InChI=1S/C14H29NO3/c1-3-5-7-8-9-10-12-14(13-16,15(17)18)11-6-4-2/h16H,3-13H2,1-2H3. The van der Waals surface area contributed by atoms with Crippen LogP contribution in [-0.2, 0) is 0 Å². The summed E-state index contributed by atoms with van der Waals surface area (Å²) >= 11 is 0. The third kappa shape index (κ3) is 6.34. The van der Waals surface area contributed by atoms with Crippen LogP contribution in [0, 0.1) is 10.1 Å². The molecule has 0 rings (SSSR count). The predicted molar refractivity (Wildman–Crippen MR) is 74.3 cm³/mol. The summed E-state index contributed by atoms with van der Waals surface area (Å²) in [5.41, 5.74) is -1.08. The Hall–Kier alpha value is -0.640. The van der Waals surface area contributed by atoms with Gasteiger partial charge in [-0.15, -0.1) is 0 Å². The van der Waals surface area contributed by atoms with Gasteiger partial charge in [0.1, 0.15) is 6.61 Å². The van der Waals surface area contributed by atoms with Crippen molar-refractivity contribution in [3.05, 3.63) is 10.1 Å². The molecule has 108 valence electrons. The third-order valence-electron chi connectivity index (χ3n) is 3.67. The molecule has 0 amide bonds. The Balaban J connectivity index is 4.04. The van der Waals surface area contributed by atoms with E-state index in [1.165, 1.54) is 19.3 Å². The van der Waals surface area contributed by atoms with Gasteiger partial charge in [-0.2, -0.15) is 0 Å². The number of hydrogen-bond acceptors (Lipinski definition) is 3. The first-order valence-corrected chi connectivity index (χ1v) is 7.38. The highest BCUT2D eigenvalue weighted by Gasteiger charge is 2.40. The van der Waals surface area contributed by atoms with Gasteiger partial charge in [-0.25, -0.2) is 0 Å². The van der Waals surface area contributed by atoms with Crippen LogP contribution in [0.5, 0.6) is 0 Å². The first-order chi connectivity index (χ1) is 8.63. The summed E-state index contributed by atoms with van der Waals surface area (Å²) < 4.78 is 0. The molecule has 0 aromatic heterocycles. The van der Waals surface area contributed by atoms with E-state index >= 15 is 0 Å². The van der Waals surface area contributed by atoms with Crippen LogP contribution in [0.4, 0.5) is 0 Å². The molecule has 0 aliphatic heterocycles. The topological polar surface area (TPSA) is 63.4 Å². The molecule has 0 radical (unpaired) electrons. The summed E-state index contributed by atoms with van der Waals surface area (Å²) in [6, 6.07) is 0. The lowest BCUT2D eigenvalue weighted by Crippen LogP contribution is -2.42. The maximum atomic E-state index is 11.2. The summed E-state index contributed by atoms with van der Waals surface area (Å²) in [6.45, 7) is 3.87. The molecule has 0 bridgehead atoms. The maximum absolute atomic E-state index is 11.2. The minimum atomic E-state index is -1.08. The van der Waals surface area contributed by atoms with Gasteiger partial charge in [-0.05, 0) is 12.8 Å². The van der Waals surface area contributed by atoms with Gasteiger partial charge < -0.3 is 5.11 Å². The van der Waals surface area contributed by atoms with Crippen molar-refractivity contribution < 1.29 is 10.0 Å². The molecule has 1 N–H and O–H groups in total. The fourth-order valence-electron chi connectivity index (χ4n) is 2.26. The lowest BCUT2D eigenvalue weighted by Gasteiger charge is -2.23. The lowest BCUT2D eigenvalue weighted by atomic mass is 9.88. The zero-order valence-corrected chi connectivity index (χ0v) is 12.0. The smallest absolute Gasteiger partial charge is 0.244 e. The fraction of sp³-hybridized carbons (Fsp3) is 1.00. The fourth-order valence-corrected chi connectivity index (χ4v) is 2.26. The highest BCUT2D eigenvalue weighted by atomic mass is 16.6. The molecule has 0 spiro atoms. The van der Waals surface area contributed by atoms with Crippen LogP contribution >= 0.6 is 0 Å². The molecule has 0 aromatic carbocycles. The molecule has 1 atom stereocenters. The van der Waals surface area contributed by atoms with E-state index in [0.29, 0.717) is 12.8 Å². The normalized spacial score (nSPS) is 14.4. The Kier molecular flexibility index (Phi) is 9.93. The average molecular weight is 259 g/mol. The first-order valence-electron chi connectivity index (χ1n) is 7.38. The molecule has 0 heterocycles. The molecule has 0 saturated carbocycles. The van der Waals surface area contributed by atoms with E-state index in [0.717, 1.165) is 32.1 Å². The molecular formula is C14H29NO3. The molecule has 0 aromatic rings. The van der Waals surface area contributed by atoms with E-state index < -0.39 is 5.54 Å². The number of hydrogen-bond donors (Lipinski definition) is 1.